The Balaban J connectivity index is 1.81. The number of nitrogens with zero attached hydrogens (tertiary/aromatic N) is 2. The van der Waals surface area contributed by atoms with Crippen LogP contribution in [0.5, 0.6) is 0 Å². The first kappa shape index (κ1) is 17.2. The van der Waals surface area contributed by atoms with Gasteiger partial charge in [-0.3, -0.25) is 4.79 Å². The van der Waals surface area contributed by atoms with Gasteiger partial charge in [0.2, 0.25) is 5.91 Å². The van der Waals surface area contributed by atoms with Crippen LogP contribution in [0.1, 0.15) is 12.1 Å². The van der Waals surface area contributed by atoms with Gasteiger partial charge in [0, 0.05) is 21.9 Å². The molecule has 1 aromatic carbocycles. The van der Waals surface area contributed by atoms with Crippen LogP contribution in [0.15, 0.2) is 30.3 Å². The van der Waals surface area contributed by atoms with Crippen molar-refractivity contribution >= 4 is 44.7 Å². The molecule has 1 aliphatic rings. The Bertz CT molecular complexity index is 969. The standard InChI is InChI=1S/C18H17ClN4O2S/c19-11-3-1-2-10(6-11)15-7-13-17(26-15)14(8-16(20)24)22-23-18(13)21-12-4-5-25-9-12/h1-3,6-7,12H,4-5,8-9H2,(H2,20,24)(H,21,23). The number of fused-ring (bicyclic) bond motifs is 1. The van der Waals surface area contributed by atoms with Crippen LogP contribution in [0.2, 0.25) is 5.02 Å². The Hall–Kier alpha value is -2.22. The molecule has 1 amide bonds. The minimum absolute atomic E-state index is 0.0613. The zero-order chi connectivity index (χ0) is 18.1. The SMILES string of the molecule is NC(=O)Cc1nnc(NC2CCOC2)c2cc(-c3cccc(Cl)c3)sc12. The molecule has 3 heterocycles. The summed E-state index contributed by atoms with van der Waals surface area (Å²) in [6.45, 7) is 1.39. The van der Waals surface area contributed by atoms with Crippen LogP contribution in [-0.4, -0.2) is 35.4 Å². The number of carbonyl (C=O) groups excluding carboxylic acids is 1. The second kappa shape index (κ2) is 7.19. The van der Waals surface area contributed by atoms with E-state index < -0.39 is 5.91 Å². The first-order valence-corrected chi connectivity index (χ1v) is 9.47. The van der Waals surface area contributed by atoms with Crippen molar-refractivity contribution in [3.63, 3.8) is 0 Å². The molecule has 0 bridgehead atoms. The molecule has 3 N–H and O–H groups in total. The number of hydrogen-bond acceptors (Lipinski definition) is 6. The quantitative estimate of drug-likeness (QED) is 0.700. The fourth-order valence-corrected chi connectivity index (χ4v) is 4.33. The number of nitrogens with one attached hydrogen (secondary N) is 1. The van der Waals surface area contributed by atoms with E-state index in [-0.39, 0.29) is 12.5 Å². The summed E-state index contributed by atoms with van der Waals surface area (Å²) in [5.41, 5.74) is 6.98. The molecule has 0 saturated carbocycles. The predicted octanol–water partition coefficient (Wildman–Crippen LogP) is 3.24. The number of rotatable bonds is 5. The molecule has 8 heteroatoms. The summed E-state index contributed by atoms with van der Waals surface area (Å²) >= 11 is 7.69. The second-order valence-corrected chi connectivity index (χ2v) is 7.70. The molecule has 1 fully saturated rings. The molecule has 1 atom stereocenters. The average Bonchev–Trinajstić information content (AvgIpc) is 3.26. The van der Waals surface area contributed by atoms with E-state index in [0.717, 1.165) is 33.6 Å². The van der Waals surface area contributed by atoms with Gasteiger partial charge >= 0.3 is 0 Å². The zero-order valence-electron chi connectivity index (χ0n) is 13.9. The third-order valence-electron chi connectivity index (χ3n) is 4.24. The van der Waals surface area contributed by atoms with Gasteiger partial charge in [-0.15, -0.1) is 16.4 Å². The summed E-state index contributed by atoms with van der Waals surface area (Å²) in [4.78, 5) is 12.4. The molecule has 1 aliphatic heterocycles. The summed E-state index contributed by atoms with van der Waals surface area (Å²) in [5.74, 6) is 0.274. The molecule has 1 unspecified atom stereocenters. The monoisotopic (exact) mass is 388 g/mol. The van der Waals surface area contributed by atoms with Gasteiger partial charge in [0.15, 0.2) is 5.82 Å². The fraction of sp³-hybridized carbons (Fsp3) is 0.278. The minimum atomic E-state index is -0.428. The van der Waals surface area contributed by atoms with Crippen molar-refractivity contribution in [2.75, 3.05) is 18.5 Å². The van der Waals surface area contributed by atoms with Gasteiger partial charge in [-0.1, -0.05) is 23.7 Å². The Morgan fingerprint density at radius 2 is 2.27 bits per heavy atom. The minimum Gasteiger partial charge on any atom is -0.379 e. The lowest BCUT2D eigenvalue weighted by molar-refractivity contribution is -0.117. The van der Waals surface area contributed by atoms with E-state index in [1.807, 2.05) is 24.3 Å². The van der Waals surface area contributed by atoms with E-state index in [9.17, 15) is 4.79 Å². The average molecular weight is 389 g/mol. The van der Waals surface area contributed by atoms with Crippen LogP contribution >= 0.6 is 22.9 Å². The topological polar surface area (TPSA) is 90.1 Å². The predicted molar refractivity (Wildman–Crippen MR) is 104 cm³/mol. The lowest BCUT2D eigenvalue weighted by Crippen LogP contribution is -2.21. The molecular formula is C18H17ClN4O2S. The van der Waals surface area contributed by atoms with Crippen LogP contribution in [0.25, 0.3) is 20.5 Å². The van der Waals surface area contributed by atoms with Gasteiger partial charge in [-0.25, -0.2) is 0 Å². The third kappa shape index (κ3) is 3.51. The summed E-state index contributed by atoms with van der Waals surface area (Å²) in [6, 6.07) is 9.94. The van der Waals surface area contributed by atoms with Gasteiger partial charge < -0.3 is 15.8 Å². The molecular weight excluding hydrogens is 372 g/mol. The van der Waals surface area contributed by atoms with E-state index in [1.54, 1.807) is 11.3 Å². The van der Waals surface area contributed by atoms with Gasteiger partial charge in [0.1, 0.15) is 0 Å². The van der Waals surface area contributed by atoms with Crippen LogP contribution in [-0.2, 0) is 16.0 Å². The van der Waals surface area contributed by atoms with Crippen LogP contribution in [0, 0.1) is 0 Å². The zero-order valence-corrected chi connectivity index (χ0v) is 15.4. The smallest absolute Gasteiger partial charge is 0.223 e. The van der Waals surface area contributed by atoms with E-state index in [0.29, 0.717) is 23.1 Å². The number of nitrogens with two attached hydrogens (primary N) is 1. The number of amides is 1. The highest BCUT2D eigenvalue weighted by molar-refractivity contribution is 7.22. The normalized spacial score (nSPS) is 16.9. The van der Waals surface area contributed by atoms with Gasteiger partial charge in [0.25, 0.3) is 0 Å². The van der Waals surface area contributed by atoms with Crippen LogP contribution in [0.3, 0.4) is 0 Å². The lowest BCUT2D eigenvalue weighted by atomic mass is 10.1. The van der Waals surface area contributed by atoms with Crippen molar-refractivity contribution in [1.29, 1.82) is 0 Å². The highest BCUT2D eigenvalue weighted by Crippen LogP contribution is 2.38. The number of halogens is 1. The number of benzene rings is 1. The molecule has 26 heavy (non-hydrogen) atoms. The van der Waals surface area contributed by atoms with E-state index in [4.69, 9.17) is 22.1 Å². The van der Waals surface area contributed by atoms with Gasteiger partial charge in [-0.2, -0.15) is 5.10 Å². The molecule has 0 spiro atoms. The molecule has 4 rings (SSSR count). The number of carbonyl (C=O) groups is 1. The summed E-state index contributed by atoms with van der Waals surface area (Å²) in [6.07, 6.45) is 0.989. The Labute approximate surface area is 159 Å². The van der Waals surface area contributed by atoms with E-state index in [2.05, 4.69) is 21.6 Å². The number of anilines is 1. The number of ether oxygens (including phenoxy) is 1. The van der Waals surface area contributed by atoms with Crippen LogP contribution < -0.4 is 11.1 Å². The van der Waals surface area contributed by atoms with Crippen molar-refractivity contribution in [3.05, 3.63) is 41.0 Å². The highest BCUT2D eigenvalue weighted by atomic mass is 35.5. The lowest BCUT2D eigenvalue weighted by Gasteiger charge is -2.12. The van der Waals surface area contributed by atoms with E-state index in [1.165, 1.54) is 0 Å². The van der Waals surface area contributed by atoms with Crippen molar-refractivity contribution in [2.24, 2.45) is 5.73 Å². The summed E-state index contributed by atoms with van der Waals surface area (Å²) in [5, 5.41) is 13.6. The molecule has 134 valence electrons. The fourth-order valence-electron chi connectivity index (χ4n) is 3.00. The largest absolute Gasteiger partial charge is 0.379 e. The third-order valence-corrected chi connectivity index (χ3v) is 5.71. The summed E-state index contributed by atoms with van der Waals surface area (Å²) < 4.78 is 6.33. The van der Waals surface area contributed by atoms with Gasteiger partial charge in [-0.05, 0) is 30.2 Å². The Morgan fingerprint density at radius 3 is 3.00 bits per heavy atom. The number of hydrogen-bond donors (Lipinski definition) is 2. The van der Waals surface area contributed by atoms with Crippen molar-refractivity contribution < 1.29 is 9.53 Å². The van der Waals surface area contributed by atoms with Crippen LogP contribution in [0.4, 0.5) is 5.82 Å². The maximum atomic E-state index is 11.4. The molecule has 0 aliphatic carbocycles. The second-order valence-electron chi connectivity index (χ2n) is 6.21. The Kier molecular flexibility index (Phi) is 4.76. The van der Waals surface area contributed by atoms with Crippen molar-refractivity contribution in [2.45, 2.75) is 18.9 Å². The van der Waals surface area contributed by atoms with Crippen molar-refractivity contribution in [3.8, 4) is 10.4 Å². The maximum Gasteiger partial charge on any atom is 0.223 e. The van der Waals surface area contributed by atoms with Crippen molar-refractivity contribution in [1.82, 2.24) is 10.2 Å². The van der Waals surface area contributed by atoms with E-state index >= 15 is 0 Å². The Morgan fingerprint density at radius 1 is 1.38 bits per heavy atom. The highest BCUT2D eigenvalue weighted by Gasteiger charge is 2.20. The molecule has 3 aromatic rings. The number of aromatic nitrogens is 2. The molecule has 0 radical (unpaired) electrons. The first-order chi connectivity index (χ1) is 12.6. The maximum absolute atomic E-state index is 11.4. The number of thiophene rings is 1. The van der Waals surface area contributed by atoms with Gasteiger partial charge in [0.05, 0.1) is 29.5 Å². The first-order valence-electron chi connectivity index (χ1n) is 8.28. The summed E-state index contributed by atoms with van der Waals surface area (Å²) in [7, 11) is 0. The molecule has 1 saturated heterocycles. The number of primary amides is 1. The molecule has 2 aromatic heterocycles. The molecule has 6 nitrogen and oxygen atoms in total.